The zero-order valence-corrected chi connectivity index (χ0v) is 6.84. The summed E-state index contributed by atoms with van der Waals surface area (Å²) in [5.74, 6) is 0. The van der Waals surface area contributed by atoms with E-state index in [2.05, 4.69) is 5.32 Å². The molecular formula is C7H15N3O. The van der Waals surface area contributed by atoms with Crippen LogP contribution >= 0.6 is 0 Å². The molecule has 1 aliphatic rings. The molecule has 0 saturated carbocycles. The number of hydrogen-bond acceptors (Lipinski definition) is 2. The van der Waals surface area contributed by atoms with Gasteiger partial charge in [-0.1, -0.05) is 0 Å². The minimum atomic E-state index is -0.335. The fraction of sp³-hybridized carbons (Fsp3) is 0.857. The van der Waals surface area contributed by atoms with E-state index in [0.717, 1.165) is 25.9 Å². The molecule has 1 rings (SSSR count). The van der Waals surface area contributed by atoms with Crippen LogP contribution in [0.15, 0.2) is 0 Å². The van der Waals surface area contributed by atoms with E-state index in [9.17, 15) is 4.79 Å². The van der Waals surface area contributed by atoms with E-state index in [1.807, 2.05) is 0 Å². The first-order valence-corrected chi connectivity index (χ1v) is 3.95. The monoisotopic (exact) mass is 157 g/mol. The van der Waals surface area contributed by atoms with Crippen LogP contribution in [0.5, 0.6) is 0 Å². The number of carbonyl (C=O) groups is 1. The average molecular weight is 157 g/mol. The Morgan fingerprint density at radius 3 is 2.91 bits per heavy atom. The molecule has 1 unspecified atom stereocenters. The molecule has 0 aromatic carbocycles. The van der Waals surface area contributed by atoms with Crippen molar-refractivity contribution in [1.29, 1.82) is 0 Å². The van der Waals surface area contributed by atoms with E-state index in [1.165, 1.54) is 0 Å². The third-order valence-electron chi connectivity index (χ3n) is 2.17. The second kappa shape index (κ2) is 3.57. The summed E-state index contributed by atoms with van der Waals surface area (Å²) in [4.78, 5) is 12.3. The second-order valence-electron chi connectivity index (χ2n) is 2.95. The summed E-state index contributed by atoms with van der Waals surface area (Å²) in [7, 11) is 1.75. The van der Waals surface area contributed by atoms with Crippen molar-refractivity contribution in [3.8, 4) is 0 Å². The highest BCUT2D eigenvalue weighted by Gasteiger charge is 2.19. The van der Waals surface area contributed by atoms with Gasteiger partial charge in [0.25, 0.3) is 0 Å². The molecule has 3 N–H and O–H groups in total. The number of primary amides is 1. The molecule has 1 saturated heterocycles. The summed E-state index contributed by atoms with van der Waals surface area (Å²) in [5, 5.41) is 3.22. The molecular weight excluding hydrogens is 142 g/mol. The fourth-order valence-corrected chi connectivity index (χ4v) is 1.34. The molecule has 4 heteroatoms. The van der Waals surface area contributed by atoms with E-state index in [4.69, 9.17) is 5.73 Å². The lowest BCUT2D eigenvalue weighted by Crippen LogP contribution is -2.48. The van der Waals surface area contributed by atoms with Gasteiger partial charge < -0.3 is 16.0 Å². The SMILES string of the molecule is CN(C(N)=O)C1CCCNC1. The lowest BCUT2D eigenvalue weighted by molar-refractivity contribution is 0.187. The molecule has 2 amide bonds. The number of likely N-dealkylation sites (N-methyl/N-ethyl adjacent to an activating group) is 1. The third-order valence-corrected chi connectivity index (χ3v) is 2.17. The van der Waals surface area contributed by atoms with Crippen molar-refractivity contribution in [3.63, 3.8) is 0 Å². The number of carbonyl (C=O) groups excluding carboxylic acids is 1. The summed E-state index contributed by atoms with van der Waals surface area (Å²) in [6.45, 7) is 1.93. The Morgan fingerprint density at radius 1 is 1.73 bits per heavy atom. The van der Waals surface area contributed by atoms with E-state index in [-0.39, 0.29) is 6.03 Å². The van der Waals surface area contributed by atoms with Gasteiger partial charge in [-0.05, 0) is 19.4 Å². The smallest absolute Gasteiger partial charge is 0.314 e. The van der Waals surface area contributed by atoms with Crippen LogP contribution in [0.25, 0.3) is 0 Å². The molecule has 11 heavy (non-hydrogen) atoms. The molecule has 1 heterocycles. The number of nitrogens with one attached hydrogen (secondary N) is 1. The maximum Gasteiger partial charge on any atom is 0.314 e. The Hall–Kier alpha value is -0.770. The minimum absolute atomic E-state index is 0.293. The predicted molar refractivity (Wildman–Crippen MR) is 43.2 cm³/mol. The topological polar surface area (TPSA) is 58.4 Å². The zero-order chi connectivity index (χ0) is 8.27. The van der Waals surface area contributed by atoms with Crippen molar-refractivity contribution in [2.24, 2.45) is 5.73 Å². The number of hydrogen-bond donors (Lipinski definition) is 2. The maximum atomic E-state index is 10.7. The van der Waals surface area contributed by atoms with Gasteiger partial charge in [0.05, 0.1) is 0 Å². The van der Waals surface area contributed by atoms with Crippen LogP contribution in [-0.4, -0.2) is 37.1 Å². The van der Waals surface area contributed by atoms with Gasteiger partial charge in [0.1, 0.15) is 0 Å². The molecule has 4 nitrogen and oxygen atoms in total. The normalized spacial score (nSPS) is 24.6. The van der Waals surface area contributed by atoms with Crippen LogP contribution in [0.2, 0.25) is 0 Å². The number of piperidine rings is 1. The van der Waals surface area contributed by atoms with E-state index >= 15 is 0 Å². The largest absolute Gasteiger partial charge is 0.351 e. The third kappa shape index (κ3) is 2.08. The van der Waals surface area contributed by atoms with Crippen molar-refractivity contribution >= 4 is 6.03 Å². The molecule has 0 spiro atoms. The van der Waals surface area contributed by atoms with Crippen LogP contribution in [0.3, 0.4) is 0 Å². The lowest BCUT2D eigenvalue weighted by atomic mass is 10.1. The van der Waals surface area contributed by atoms with Crippen LogP contribution in [0.4, 0.5) is 4.79 Å². The van der Waals surface area contributed by atoms with Crippen molar-refractivity contribution in [3.05, 3.63) is 0 Å². The molecule has 64 valence electrons. The standard InChI is InChI=1S/C7H15N3O/c1-10(7(8)11)6-3-2-4-9-5-6/h6,9H,2-5H2,1H3,(H2,8,11). The van der Waals surface area contributed by atoms with E-state index < -0.39 is 0 Å². The first kappa shape index (κ1) is 8.33. The van der Waals surface area contributed by atoms with Crippen molar-refractivity contribution in [2.75, 3.05) is 20.1 Å². The van der Waals surface area contributed by atoms with Crippen molar-refractivity contribution in [2.45, 2.75) is 18.9 Å². The summed E-state index contributed by atoms with van der Waals surface area (Å²) < 4.78 is 0. The summed E-state index contributed by atoms with van der Waals surface area (Å²) in [5.41, 5.74) is 5.13. The molecule has 0 bridgehead atoms. The van der Waals surface area contributed by atoms with Gasteiger partial charge in [-0.3, -0.25) is 0 Å². The molecule has 1 fully saturated rings. The lowest BCUT2D eigenvalue weighted by Gasteiger charge is -2.30. The second-order valence-corrected chi connectivity index (χ2v) is 2.95. The Balaban J connectivity index is 2.38. The molecule has 0 radical (unpaired) electrons. The number of amides is 2. The number of urea groups is 1. The van der Waals surface area contributed by atoms with Crippen LogP contribution in [0.1, 0.15) is 12.8 Å². The van der Waals surface area contributed by atoms with Crippen LogP contribution in [0, 0.1) is 0 Å². The molecule has 1 aliphatic heterocycles. The highest BCUT2D eigenvalue weighted by molar-refractivity contribution is 5.72. The number of rotatable bonds is 1. The maximum absolute atomic E-state index is 10.7. The van der Waals surface area contributed by atoms with Crippen molar-refractivity contribution in [1.82, 2.24) is 10.2 Å². The minimum Gasteiger partial charge on any atom is -0.351 e. The zero-order valence-electron chi connectivity index (χ0n) is 6.84. The summed E-state index contributed by atoms with van der Waals surface area (Å²) >= 11 is 0. The van der Waals surface area contributed by atoms with Gasteiger partial charge in [0.2, 0.25) is 0 Å². The summed E-state index contributed by atoms with van der Waals surface area (Å²) in [6.07, 6.45) is 2.19. The molecule has 1 atom stereocenters. The van der Waals surface area contributed by atoms with Crippen LogP contribution < -0.4 is 11.1 Å². The highest BCUT2D eigenvalue weighted by atomic mass is 16.2. The Kier molecular flexibility index (Phi) is 2.70. The molecule has 0 aliphatic carbocycles. The highest BCUT2D eigenvalue weighted by Crippen LogP contribution is 2.07. The number of nitrogens with two attached hydrogens (primary N) is 1. The average Bonchev–Trinajstić information content (AvgIpc) is 2.05. The van der Waals surface area contributed by atoms with Gasteiger partial charge in [-0.15, -0.1) is 0 Å². The summed E-state index contributed by atoms with van der Waals surface area (Å²) in [6, 6.07) is -0.0417. The number of nitrogens with zero attached hydrogens (tertiary/aromatic N) is 1. The van der Waals surface area contributed by atoms with Crippen molar-refractivity contribution < 1.29 is 4.79 Å². The van der Waals surface area contributed by atoms with E-state index in [1.54, 1.807) is 11.9 Å². The Morgan fingerprint density at radius 2 is 2.45 bits per heavy atom. The van der Waals surface area contributed by atoms with E-state index in [0.29, 0.717) is 6.04 Å². The fourth-order valence-electron chi connectivity index (χ4n) is 1.34. The Bertz CT molecular complexity index is 143. The van der Waals surface area contributed by atoms with Gasteiger partial charge >= 0.3 is 6.03 Å². The Labute approximate surface area is 66.7 Å². The van der Waals surface area contributed by atoms with Gasteiger partial charge in [0, 0.05) is 19.6 Å². The predicted octanol–water partition coefficient (Wildman–Crippen LogP) is -0.251. The van der Waals surface area contributed by atoms with Gasteiger partial charge in [-0.25, -0.2) is 4.79 Å². The van der Waals surface area contributed by atoms with Crippen LogP contribution in [-0.2, 0) is 0 Å². The first-order valence-electron chi connectivity index (χ1n) is 3.95. The van der Waals surface area contributed by atoms with Gasteiger partial charge in [0.15, 0.2) is 0 Å². The first-order chi connectivity index (χ1) is 5.22. The molecule has 0 aromatic heterocycles. The van der Waals surface area contributed by atoms with Gasteiger partial charge in [-0.2, -0.15) is 0 Å². The molecule has 0 aromatic rings. The quantitative estimate of drug-likeness (QED) is 0.551.